The third-order valence-electron chi connectivity index (χ3n) is 5.09. The highest BCUT2D eigenvalue weighted by molar-refractivity contribution is 7.99. The van der Waals surface area contributed by atoms with E-state index in [-0.39, 0.29) is 8.76 Å². The molecule has 1 amide bonds. The topological polar surface area (TPSA) is 62.7 Å². The van der Waals surface area contributed by atoms with Crippen LogP contribution in [0.4, 0.5) is 5.69 Å². The van der Waals surface area contributed by atoms with Crippen LogP contribution >= 0.6 is 11.8 Å². The molecule has 0 spiro atoms. The molecule has 30 heavy (non-hydrogen) atoms. The summed E-state index contributed by atoms with van der Waals surface area (Å²) in [4.78, 5) is 13.8. The van der Waals surface area contributed by atoms with Crippen molar-refractivity contribution in [1.29, 1.82) is 0 Å². The molecular formula is C24H24N4OS. The number of fused-ring (bicyclic) bond motifs is 3. The van der Waals surface area contributed by atoms with Crippen molar-refractivity contribution in [3.05, 3.63) is 78.9 Å². The molecule has 5 rings (SSSR count). The number of amides is 1. The maximum absolute atomic E-state index is 12.2. The number of aryl methyl sites for hydroxylation is 1. The largest absolute Gasteiger partial charge is 0.325 e. The van der Waals surface area contributed by atoms with Crippen LogP contribution in [-0.4, -0.2) is 26.7 Å². The van der Waals surface area contributed by atoms with E-state index in [4.69, 9.17) is 0 Å². The first-order valence-corrected chi connectivity index (χ1v) is 10.7. The van der Waals surface area contributed by atoms with Gasteiger partial charge < -0.3 is 5.32 Å². The molecule has 0 saturated carbocycles. The van der Waals surface area contributed by atoms with Crippen molar-refractivity contribution >= 4 is 44.9 Å². The number of hydrogen-bond donors (Lipinski definition) is 2. The van der Waals surface area contributed by atoms with Gasteiger partial charge in [0.25, 0.3) is 0 Å². The van der Waals surface area contributed by atoms with E-state index >= 15 is 0 Å². The van der Waals surface area contributed by atoms with Crippen LogP contribution in [0.2, 0.25) is 0 Å². The Morgan fingerprint density at radius 2 is 1.67 bits per heavy atom. The molecule has 0 saturated heterocycles. The lowest BCUT2D eigenvalue weighted by Crippen LogP contribution is -2.17. The fraction of sp³-hybridized carbons (Fsp3) is 0.0833. The number of benzene rings is 4. The monoisotopic (exact) mass is 416 g/mol. The predicted molar refractivity (Wildman–Crippen MR) is 128 cm³/mol. The van der Waals surface area contributed by atoms with E-state index in [1.165, 1.54) is 38.9 Å². The molecule has 6 heteroatoms. The summed E-state index contributed by atoms with van der Waals surface area (Å²) in [7, 11) is 1.81. The molecule has 0 bridgehead atoms. The third-order valence-corrected chi connectivity index (χ3v) is 5.94. The minimum Gasteiger partial charge on any atom is -0.325 e. The Labute approximate surface area is 181 Å². The van der Waals surface area contributed by atoms with Crippen molar-refractivity contribution < 1.29 is 7.65 Å². The second-order valence-electron chi connectivity index (χ2n) is 7.15. The van der Waals surface area contributed by atoms with Crippen LogP contribution in [0.25, 0.3) is 32.7 Å². The van der Waals surface area contributed by atoms with E-state index in [0.29, 0.717) is 5.75 Å². The fourth-order valence-electron chi connectivity index (χ4n) is 3.70. The van der Waals surface area contributed by atoms with Crippen molar-refractivity contribution in [2.45, 2.75) is 5.16 Å². The summed E-state index contributed by atoms with van der Waals surface area (Å²) in [6, 6.07) is 27.2. The van der Waals surface area contributed by atoms with Crippen LogP contribution in [-0.2, 0) is 11.8 Å². The van der Waals surface area contributed by atoms with Gasteiger partial charge in [-0.3, -0.25) is 9.89 Å². The second-order valence-corrected chi connectivity index (χ2v) is 8.11. The molecule has 0 radical (unpaired) electrons. The van der Waals surface area contributed by atoms with Gasteiger partial charge in [-0.15, -0.1) is 5.10 Å². The number of nitrogens with one attached hydrogen (secondary N) is 2. The summed E-state index contributed by atoms with van der Waals surface area (Å²) in [5.74, 6) is 0.263. The van der Waals surface area contributed by atoms with Crippen molar-refractivity contribution in [2.75, 3.05) is 11.1 Å². The van der Waals surface area contributed by atoms with Gasteiger partial charge in [0.15, 0.2) is 0 Å². The highest BCUT2D eigenvalue weighted by Crippen LogP contribution is 2.35. The molecule has 0 atom stereocenters. The summed E-state index contributed by atoms with van der Waals surface area (Å²) in [5, 5.41) is 15.8. The molecule has 0 fully saturated rings. The average molecular weight is 417 g/mol. The Hall–Kier alpha value is -3.51. The van der Waals surface area contributed by atoms with Gasteiger partial charge in [0.05, 0.1) is 5.75 Å². The van der Waals surface area contributed by atoms with Crippen LogP contribution in [0.3, 0.4) is 0 Å². The summed E-state index contributed by atoms with van der Waals surface area (Å²) in [6.45, 7) is 0. The van der Waals surface area contributed by atoms with Crippen LogP contribution in [0.5, 0.6) is 0 Å². The highest BCUT2D eigenvalue weighted by Gasteiger charge is 2.10. The van der Waals surface area contributed by atoms with Gasteiger partial charge in [0.2, 0.25) is 11.1 Å². The van der Waals surface area contributed by atoms with Gasteiger partial charge in [0.1, 0.15) is 0 Å². The van der Waals surface area contributed by atoms with E-state index in [9.17, 15) is 4.79 Å². The SMILES string of the molecule is Cn1nc(SCC(=O)Nc2ccc(-c3cc4ccccc4c4ccccc34)cc2)[nH]1.[HH].[HH]. The van der Waals surface area contributed by atoms with Gasteiger partial charge in [-0.05, 0) is 50.9 Å². The lowest BCUT2D eigenvalue weighted by molar-refractivity contribution is -0.113. The minimum absolute atomic E-state index is 0. The Kier molecular flexibility index (Phi) is 4.77. The van der Waals surface area contributed by atoms with Crippen molar-refractivity contribution in [2.24, 2.45) is 7.05 Å². The standard InChI is InChI=1S/C24H20N4OS.2H2/c1-28-26-24(27-28)30-15-23(29)25-18-12-10-16(11-13-18)22-14-17-6-2-3-7-19(17)20-8-4-5-9-21(20)22;;/h2-14H,15H2,1H3,(H,25,29)(H,26,27);2*1H. The number of H-pyrrole nitrogens is 1. The first-order valence-electron chi connectivity index (χ1n) is 9.70. The Balaban J connectivity index is 0.00000144. The predicted octanol–water partition coefficient (Wildman–Crippen LogP) is 5.94. The first kappa shape index (κ1) is 18.5. The molecule has 0 aliphatic heterocycles. The third kappa shape index (κ3) is 3.57. The van der Waals surface area contributed by atoms with Crippen molar-refractivity contribution in [3.8, 4) is 11.1 Å². The number of hydrogen-bond acceptors (Lipinski definition) is 3. The van der Waals surface area contributed by atoms with Gasteiger partial charge >= 0.3 is 0 Å². The highest BCUT2D eigenvalue weighted by atomic mass is 32.2. The second kappa shape index (κ2) is 7.72. The van der Waals surface area contributed by atoms with Crippen LogP contribution in [0.1, 0.15) is 2.85 Å². The summed E-state index contributed by atoms with van der Waals surface area (Å²) in [6.07, 6.45) is 0. The number of aromatic nitrogens is 3. The summed E-state index contributed by atoms with van der Waals surface area (Å²) in [5.41, 5.74) is 3.10. The molecule has 152 valence electrons. The number of rotatable bonds is 5. The zero-order valence-corrected chi connectivity index (χ0v) is 17.2. The summed E-state index contributed by atoms with van der Waals surface area (Å²) >= 11 is 1.38. The number of nitrogens with zero attached hydrogens (tertiary/aromatic N) is 2. The van der Waals surface area contributed by atoms with Gasteiger partial charge in [0, 0.05) is 15.6 Å². The molecule has 0 aliphatic carbocycles. The Bertz CT molecular complexity index is 1350. The quantitative estimate of drug-likeness (QED) is 0.275. The normalized spacial score (nSPS) is 11.2. The van der Waals surface area contributed by atoms with Crippen LogP contribution in [0, 0.1) is 0 Å². The molecule has 1 aromatic heterocycles. The average Bonchev–Trinajstić information content (AvgIpc) is 2.76. The number of thioether (sulfide) groups is 1. The molecule has 5 nitrogen and oxygen atoms in total. The zero-order valence-electron chi connectivity index (χ0n) is 16.4. The van der Waals surface area contributed by atoms with E-state index in [2.05, 4.69) is 82.2 Å². The fourth-order valence-corrected chi connectivity index (χ4v) is 4.41. The number of carbonyl (C=O) groups excluding carboxylic acids is 1. The van der Waals surface area contributed by atoms with Gasteiger partial charge in [-0.1, -0.05) is 72.4 Å². The van der Waals surface area contributed by atoms with Crippen LogP contribution < -0.4 is 5.32 Å². The van der Waals surface area contributed by atoms with E-state index in [1.807, 2.05) is 19.2 Å². The Morgan fingerprint density at radius 1 is 1.00 bits per heavy atom. The Morgan fingerprint density at radius 3 is 2.40 bits per heavy atom. The molecule has 0 aliphatic rings. The molecule has 0 unspecified atom stereocenters. The zero-order chi connectivity index (χ0) is 20.5. The van der Waals surface area contributed by atoms with Crippen molar-refractivity contribution in [3.63, 3.8) is 0 Å². The molecule has 1 heterocycles. The first-order chi connectivity index (χ1) is 14.7. The molecular weight excluding hydrogens is 392 g/mol. The van der Waals surface area contributed by atoms with Crippen molar-refractivity contribution in [1.82, 2.24) is 15.0 Å². The number of carbonyl (C=O) groups is 1. The molecule has 2 N–H and O–H groups in total. The van der Waals surface area contributed by atoms with E-state index in [1.54, 1.807) is 4.80 Å². The maximum atomic E-state index is 12.2. The molecule has 4 aromatic carbocycles. The van der Waals surface area contributed by atoms with Gasteiger partial charge in [-0.25, -0.2) is 4.80 Å². The lowest BCUT2D eigenvalue weighted by atomic mass is 9.93. The number of anilines is 1. The van der Waals surface area contributed by atoms with E-state index in [0.717, 1.165) is 16.4 Å². The maximum Gasteiger partial charge on any atom is 0.234 e. The van der Waals surface area contributed by atoms with Gasteiger partial charge in [-0.2, -0.15) is 0 Å². The number of aromatic amines is 1. The van der Waals surface area contributed by atoms with Crippen LogP contribution in [0.15, 0.2) is 84.0 Å². The van der Waals surface area contributed by atoms with E-state index < -0.39 is 0 Å². The summed E-state index contributed by atoms with van der Waals surface area (Å²) < 4.78 is 0. The lowest BCUT2D eigenvalue weighted by Gasteiger charge is -2.12. The smallest absolute Gasteiger partial charge is 0.234 e. The molecule has 5 aromatic rings. The minimum atomic E-state index is -0.0528.